The minimum atomic E-state index is -3.21. The predicted octanol–water partition coefficient (Wildman–Crippen LogP) is 4.14. The summed E-state index contributed by atoms with van der Waals surface area (Å²) in [5.41, 5.74) is -1.06. The van der Waals surface area contributed by atoms with Crippen LogP contribution in [-0.4, -0.2) is 95.8 Å². The van der Waals surface area contributed by atoms with Gasteiger partial charge in [0.25, 0.3) is 0 Å². The van der Waals surface area contributed by atoms with Crippen LogP contribution in [0.3, 0.4) is 0 Å². The SMILES string of the molecule is CCCCOC(=O)C(CC(Br)C(=O)OCCN(CC)CC)CC(C)(C)C(=O)OC[Si](OC)(OC)OC(C)C. The summed E-state index contributed by atoms with van der Waals surface area (Å²) in [5.74, 6) is -2.17. The van der Waals surface area contributed by atoms with Crippen molar-refractivity contribution in [2.75, 3.05) is 53.3 Å². The number of esters is 3. The van der Waals surface area contributed by atoms with E-state index in [1.165, 1.54) is 14.2 Å². The summed E-state index contributed by atoms with van der Waals surface area (Å²) in [6, 6.07) is 0. The Balaban J connectivity index is 5.40. The van der Waals surface area contributed by atoms with Gasteiger partial charge in [0.1, 0.15) is 11.4 Å². The van der Waals surface area contributed by atoms with Gasteiger partial charge in [-0.1, -0.05) is 43.1 Å². The fourth-order valence-corrected chi connectivity index (χ4v) is 5.96. The fourth-order valence-electron chi connectivity index (χ4n) is 3.69. The van der Waals surface area contributed by atoms with E-state index < -0.39 is 42.9 Å². The summed E-state index contributed by atoms with van der Waals surface area (Å²) in [6.07, 6.45) is 1.50. The smallest absolute Gasteiger partial charge is 0.465 e. The third-order valence-electron chi connectivity index (χ3n) is 6.10. The monoisotopic (exact) mass is 627 g/mol. The molecular formula is C26H50BrNO9Si. The first-order valence-electron chi connectivity index (χ1n) is 13.5. The first-order valence-corrected chi connectivity index (χ1v) is 16.3. The van der Waals surface area contributed by atoms with Crippen molar-refractivity contribution in [3.05, 3.63) is 0 Å². The predicted molar refractivity (Wildman–Crippen MR) is 151 cm³/mol. The first kappa shape index (κ1) is 36.9. The zero-order valence-electron chi connectivity index (χ0n) is 24.8. The highest BCUT2D eigenvalue weighted by Gasteiger charge is 2.45. The normalized spacial score (nSPS) is 13.9. The number of carbonyl (C=O) groups excluding carboxylic acids is 3. The lowest BCUT2D eigenvalue weighted by Gasteiger charge is -2.31. The van der Waals surface area contributed by atoms with Crippen LogP contribution in [-0.2, 0) is 41.9 Å². The van der Waals surface area contributed by atoms with Gasteiger partial charge in [0, 0.05) is 26.9 Å². The second-order valence-electron chi connectivity index (χ2n) is 10.0. The maximum absolute atomic E-state index is 13.1. The second kappa shape index (κ2) is 19.1. The number of rotatable bonds is 21. The number of unbranched alkanes of at least 4 members (excludes halogenated alkanes) is 1. The van der Waals surface area contributed by atoms with Gasteiger partial charge in [-0.05, 0) is 60.0 Å². The van der Waals surface area contributed by atoms with Crippen molar-refractivity contribution in [2.45, 2.75) is 85.1 Å². The van der Waals surface area contributed by atoms with Crippen molar-refractivity contribution >= 4 is 42.6 Å². The molecule has 0 spiro atoms. The summed E-state index contributed by atoms with van der Waals surface area (Å²) in [4.78, 5) is 40.1. The molecule has 2 unspecified atom stereocenters. The summed E-state index contributed by atoms with van der Waals surface area (Å²) in [5, 5.41) is 0. The van der Waals surface area contributed by atoms with Crippen molar-refractivity contribution in [3.8, 4) is 0 Å². The number of carbonyl (C=O) groups is 3. The molecule has 0 aliphatic carbocycles. The molecule has 224 valence electrons. The third kappa shape index (κ3) is 13.8. The molecular weight excluding hydrogens is 578 g/mol. The van der Waals surface area contributed by atoms with Crippen molar-refractivity contribution in [1.29, 1.82) is 0 Å². The van der Waals surface area contributed by atoms with Gasteiger partial charge in [-0.15, -0.1) is 0 Å². The van der Waals surface area contributed by atoms with Crippen LogP contribution < -0.4 is 0 Å². The molecule has 0 aromatic rings. The van der Waals surface area contributed by atoms with Gasteiger partial charge in [-0.25, -0.2) is 0 Å². The molecule has 0 aromatic heterocycles. The van der Waals surface area contributed by atoms with Crippen LogP contribution in [0.1, 0.15) is 74.1 Å². The van der Waals surface area contributed by atoms with Crippen molar-refractivity contribution < 1.29 is 41.9 Å². The number of nitrogens with zero attached hydrogens (tertiary/aromatic N) is 1. The maximum atomic E-state index is 13.1. The minimum Gasteiger partial charge on any atom is -0.465 e. The van der Waals surface area contributed by atoms with E-state index in [1.54, 1.807) is 13.8 Å². The van der Waals surface area contributed by atoms with Crippen molar-refractivity contribution in [1.82, 2.24) is 4.90 Å². The lowest BCUT2D eigenvalue weighted by Crippen LogP contribution is -2.51. The number of hydrogen-bond donors (Lipinski definition) is 0. The molecule has 0 radical (unpaired) electrons. The van der Waals surface area contributed by atoms with Crippen LogP contribution in [0, 0.1) is 11.3 Å². The average Bonchev–Trinajstić information content (AvgIpc) is 2.87. The molecule has 38 heavy (non-hydrogen) atoms. The van der Waals surface area contributed by atoms with Crippen LogP contribution in [0.15, 0.2) is 0 Å². The van der Waals surface area contributed by atoms with Gasteiger partial charge in [0.15, 0.2) is 6.23 Å². The zero-order chi connectivity index (χ0) is 29.4. The van der Waals surface area contributed by atoms with Gasteiger partial charge in [0.05, 0.1) is 17.9 Å². The number of likely N-dealkylation sites (N-methyl/N-ethyl adjacent to an activating group) is 1. The number of halogens is 1. The van der Waals surface area contributed by atoms with Gasteiger partial charge < -0.3 is 32.4 Å². The van der Waals surface area contributed by atoms with Gasteiger partial charge in [-0.3, -0.25) is 14.4 Å². The Kier molecular flexibility index (Phi) is 18.6. The van der Waals surface area contributed by atoms with E-state index >= 15 is 0 Å². The summed E-state index contributed by atoms with van der Waals surface area (Å²) < 4.78 is 33.2. The third-order valence-corrected chi connectivity index (χ3v) is 9.42. The Labute approximate surface area is 238 Å². The highest BCUT2D eigenvalue weighted by molar-refractivity contribution is 9.10. The Morgan fingerprint density at radius 1 is 0.921 bits per heavy atom. The molecule has 0 saturated heterocycles. The van der Waals surface area contributed by atoms with Gasteiger partial charge >= 0.3 is 26.7 Å². The van der Waals surface area contributed by atoms with Crippen LogP contribution in [0.4, 0.5) is 0 Å². The molecule has 0 saturated carbocycles. The van der Waals surface area contributed by atoms with E-state index in [-0.39, 0.29) is 38.4 Å². The number of alkyl halides is 1. The van der Waals surface area contributed by atoms with E-state index in [0.29, 0.717) is 6.54 Å². The molecule has 0 bridgehead atoms. The van der Waals surface area contributed by atoms with Crippen molar-refractivity contribution in [3.63, 3.8) is 0 Å². The van der Waals surface area contributed by atoms with E-state index in [9.17, 15) is 14.4 Å². The molecule has 0 aliphatic rings. The molecule has 0 rings (SSSR count). The number of hydrogen-bond acceptors (Lipinski definition) is 10. The number of ether oxygens (including phenoxy) is 3. The first-order chi connectivity index (χ1) is 17.8. The quantitative estimate of drug-likeness (QED) is 0.0605. The molecule has 2 atom stereocenters. The minimum absolute atomic E-state index is 0.116. The summed E-state index contributed by atoms with van der Waals surface area (Å²) >= 11 is 3.38. The van der Waals surface area contributed by atoms with E-state index in [4.69, 9.17) is 27.5 Å². The largest absolute Gasteiger partial charge is 0.540 e. The van der Waals surface area contributed by atoms with Crippen LogP contribution in [0.25, 0.3) is 0 Å². The molecule has 0 N–H and O–H groups in total. The van der Waals surface area contributed by atoms with E-state index in [1.807, 2.05) is 34.6 Å². The molecule has 12 heteroatoms. The molecule has 0 aliphatic heterocycles. The Bertz CT molecular complexity index is 700. The molecule has 0 fully saturated rings. The van der Waals surface area contributed by atoms with Crippen LogP contribution in [0.2, 0.25) is 0 Å². The zero-order valence-corrected chi connectivity index (χ0v) is 27.4. The van der Waals surface area contributed by atoms with Crippen LogP contribution >= 0.6 is 15.9 Å². The standard InChI is InChI=1S/C26H50BrNO9Si/c1-10-13-15-34-23(29)21(17-22(27)24(30)35-16-14-28(11-2)12-3)18-26(6,7)25(31)36-19-38(32-8,33-9)37-20(4)5/h20-22H,10-19H2,1-9H3. The Hall–Kier alpha value is -1.05. The Morgan fingerprint density at radius 3 is 2.00 bits per heavy atom. The molecule has 0 aromatic carbocycles. The summed E-state index contributed by atoms with van der Waals surface area (Å²) in [7, 11) is -0.296. The van der Waals surface area contributed by atoms with Gasteiger partial charge in [-0.2, -0.15) is 0 Å². The molecule has 0 heterocycles. The molecule has 10 nitrogen and oxygen atoms in total. The van der Waals surface area contributed by atoms with Crippen molar-refractivity contribution in [2.24, 2.45) is 11.3 Å². The van der Waals surface area contributed by atoms with E-state index in [2.05, 4.69) is 20.8 Å². The fraction of sp³-hybridized carbons (Fsp3) is 0.885. The topological polar surface area (TPSA) is 110 Å². The maximum Gasteiger partial charge on any atom is 0.540 e. The highest BCUT2D eigenvalue weighted by Crippen LogP contribution is 2.32. The average molecular weight is 629 g/mol. The van der Waals surface area contributed by atoms with E-state index in [0.717, 1.165) is 25.9 Å². The van der Waals surface area contributed by atoms with Crippen LogP contribution in [0.5, 0.6) is 0 Å². The lowest BCUT2D eigenvalue weighted by atomic mass is 9.81. The second-order valence-corrected chi connectivity index (χ2v) is 13.8. The lowest BCUT2D eigenvalue weighted by molar-refractivity contribution is -0.158. The summed E-state index contributed by atoms with van der Waals surface area (Å²) in [6.45, 7) is 16.1. The Morgan fingerprint density at radius 2 is 1.50 bits per heavy atom. The van der Waals surface area contributed by atoms with Gasteiger partial charge in [0.2, 0.25) is 0 Å². The molecule has 0 amide bonds. The highest BCUT2D eigenvalue weighted by atomic mass is 79.9.